The van der Waals surface area contributed by atoms with E-state index >= 15 is 0 Å². The zero-order valence-electron chi connectivity index (χ0n) is 6.30. The van der Waals surface area contributed by atoms with Gasteiger partial charge in [-0.25, -0.2) is 4.39 Å². The van der Waals surface area contributed by atoms with Crippen LogP contribution in [0.4, 0.5) is 4.39 Å². The van der Waals surface area contributed by atoms with E-state index in [0.29, 0.717) is 5.56 Å². The molecule has 0 aliphatic heterocycles. The quantitative estimate of drug-likeness (QED) is 0.748. The number of phenolic OH excluding ortho intramolecular Hbond substituents is 1. The molecular weight excluding hydrogens is 181 g/mol. The molecule has 0 amide bonds. The molecule has 0 radical (unpaired) electrons. The van der Waals surface area contributed by atoms with Gasteiger partial charge in [0.25, 0.3) is 0 Å². The Labute approximate surface area is 74.8 Å². The highest BCUT2D eigenvalue weighted by atomic mass is 35.5. The van der Waals surface area contributed by atoms with Gasteiger partial charge < -0.3 is 10.8 Å². The summed E-state index contributed by atoms with van der Waals surface area (Å²) in [7, 11) is 0. The van der Waals surface area contributed by atoms with E-state index in [9.17, 15) is 4.39 Å². The number of halogens is 2. The zero-order valence-corrected chi connectivity index (χ0v) is 7.05. The molecule has 12 heavy (non-hydrogen) atoms. The molecule has 0 aromatic heterocycles. The van der Waals surface area contributed by atoms with E-state index in [2.05, 4.69) is 0 Å². The SMILES string of the molecule is N[C@H](CF)c1ccc(O)c(Cl)c1. The van der Waals surface area contributed by atoms with Crippen molar-refractivity contribution < 1.29 is 9.50 Å². The molecule has 0 aliphatic rings. The summed E-state index contributed by atoms with van der Waals surface area (Å²) in [4.78, 5) is 0. The predicted molar refractivity (Wildman–Crippen MR) is 46.0 cm³/mol. The van der Waals surface area contributed by atoms with Crippen molar-refractivity contribution in [2.75, 3.05) is 6.67 Å². The summed E-state index contributed by atoms with van der Waals surface area (Å²) in [6.45, 7) is -0.638. The van der Waals surface area contributed by atoms with Crippen LogP contribution in [0, 0.1) is 0 Å². The highest BCUT2D eigenvalue weighted by Gasteiger charge is 2.07. The van der Waals surface area contributed by atoms with Gasteiger partial charge in [-0.15, -0.1) is 0 Å². The normalized spacial score (nSPS) is 12.9. The third kappa shape index (κ3) is 1.87. The standard InChI is InChI=1S/C8H9ClFNO/c9-6-3-5(7(11)4-10)1-2-8(6)12/h1-3,7,12H,4,11H2/t7-/m1/s1. The number of benzene rings is 1. The average molecular weight is 190 g/mol. The Kier molecular flexibility index (Phi) is 2.89. The van der Waals surface area contributed by atoms with Crippen molar-refractivity contribution in [3.05, 3.63) is 28.8 Å². The minimum Gasteiger partial charge on any atom is -0.506 e. The van der Waals surface area contributed by atoms with E-state index in [1.165, 1.54) is 12.1 Å². The van der Waals surface area contributed by atoms with Crippen LogP contribution in [0.25, 0.3) is 0 Å². The lowest BCUT2D eigenvalue weighted by Gasteiger charge is -2.07. The average Bonchev–Trinajstić information content (AvgIpc) is 2.08. The van der Waals surface area contributed by atoms with Crippen LogP contribution in [0.5, 0.6) is 5.75 Å². The summed E-state index contributed by atoms with van der Waals surface area (Å²) in [5.74, 6) is -0.0218. The molecule has 0 saturated heterocycles. The molecule has 3 N–H and O–H groups in total. The molecule has 1 rings (SSSR count). The van der Waals surface area contributed by atoms with E-state index in [1.807, 2.05) is 0 Å². The van der Waals surface area contributed by atoms with E-state index in [-0.39, 0.29) is 10.8 Å². The Morgan fingerprint density at radius 2 is 2.25 bits per heavy atom. The largest absolute Gasteiger partial charge is 0.506 e. The monoisotopic (exact) mass is 189 g/mol. The Morgan fingerprint density at radius 3 is 2.75 bits per heavy atom. The molecule has 0 bridgehead atoms. The minimum absolute atomic E-state index is 0.0218. The second-order valence-corrected chi connectivity index (χ2v) is 2.88. The Hall–Kier alpha value is -0.800. The van der Waals surface area contributed by atoms with Gasteiger partial charge in [-0.1, -0.05) is 17.7 Å². The van der Waals surface area contributed by atoms with E-state index in [0.717, 1.165) is 0 Å². The van der Waals surface area contributed by atoms with Crippen molar-refractivity contribution in [2.24, 2.45) is 5.73 Å². The first-order valence-corrected chi connectivity index (χ1v) is 3.83. The summed E-state index contributed by atoms with van der Waals surface area (Å²) >= 11 is 5.59. The molecule has 2 nitrogen and oxygen atoms in total. The van der Waals surface area contributed by atoms with Crippen LogP contribution < -0.4 is 5.73 Å². The van der Waals surface area contributed by atoms with Crippen LogP contribution in [0.3, 0.4) is 0 Å². The second kappa shape index (κ2) is 3.74. The van der Waals surface area contributed by atoms with Gasteiger partial charge in [0.15, 0.2) is 0 Å². The van der Waals surface area contributed by atoms with Crippen LogP contribution >= 0.6 is 11.6 Å². The number of phenols is 1. The fraction of sp³-hybridized carbons (Fsp3) is 0.250. The van der Waals surface area contributed by atoms with Crippen molar-refractivity contribution in [3.8, 4) is 5.75 Å². The lowest BCUT2D eigenvalue weighted by molar-refractivity contribution is 0.436. The van der Waals surface area contributed by atoms with Gasteiger partial charge in [-0.3, -0.25) is 0 Å². The van der Waals surface area contributed by atoms with Crippen LogP contribution in [0.2, 0.25) is 5.02 Å². The molecule has 66 valence electrons. The maximum Gasteiger partial charge on any atom is 0.134 e. The number of alkyl halides is 1. The third-order valence-electron chi connectivity index (χ3n) is 1.57. The molecular formula is C8H9ClFNO. The van der Waals surface area contributed by atoms with Crippen molar-refractivity contribution in [1.82, 2.24) is 0 Å². The maximum absolute atomic E-state index is 12.1. The lowest BCUT2D eigenvalue weighted by atomic mass is 10.1. The summed E-state index contributed by atoms with van der Waals surface area (Å²) in [5, 5.41) is 9.22. The fourth-order valence-corrected chi connectivity index (χ4v) is 1.03. The van der Waals surface area contributed by atoms with Crippen molar-refractivity contribution in [3.63, 3.8) is 0 Å². The summed E-state index contributed by atoms with van der Waals surface area (Å²) in [6.07, 6.45) is 0. The Bertz CT molecular complexity index is 280. The topological polar surface area (TPSA) is 46.2 Å². The lowest BCUT2D eigenvalue weighted by Crippen LogP contribution is -2.11. The molecule has 0 spiro atoms. The van der Waals surface area contributed by atoms with Crippen molar-refractivity contribution >= 4 is 11.6 Å². The Morgan fingerprint density at radius 1 is 1.58 bits per heavy atom. The number of rotatable bonds is 2. The zero-order chi connectivity index (χ0) is 9.14. The Balaban J connectivity index is 2.96. The first-order valence-electron chi connectivity index (χ1n) is 3.45. The summed E-state index contributed by atoms with van der Waals surface area (Å²) in [6, 6.07) is 3.74. The molecule has 1 atom stereocenters. The number of nitrogens with two attached hydrogens (primary N) is 1. The highest BCUT2D eigenvalue weighted by molar-refractivity contribution is 6.32. The summed E-state index contributed by atoms with van der Waals surface area (Å²) < 4.78 is 12.1. The van der Waals surface area contributed by atoms with Gasteiger partial charge in [-0.2, -0.15) is 0 Å². The van der Waals surface area contributed by atoms with Gasteiger partial charge in [-0.05, 0) is 17.7 Å². The number of aromatic hydroxyl groups is 1. The first-order chi connectivity index (χ1) is 5.65. The second-order valence-electron chi connectivity index (χ2n) is 2.47. The van der Waals surface area contributed by atoms with Crippen LogP contribution in [0.1, 0.15) is 11.6 Å². The van der Waals surface area contributed by atoms with Gasteiger partial charge in [0, 0.05) is 0 Å². The van der Waals surface area contributed by atoms with Crippen molar-refractivity contribution in [1.29, 1.82) is 0 Å². The summed E-state index contributed by atoms with van der Waals surface area (Å²) in [5.41, 5.74) is 5.98. The molecule has 1 aromatic rings. The molecule has 0 saturated carbocycles. The minimum atomic E-state index is -0.664. The molecule has 0 fully saturated rings. The van der Waals surface area contributed by atoms with Crippen LogP contribution in [0.15, 0.2) is 18.2 Å². The molecule has 0 heterocycles. The van der Waals surface area contributed by atoms with Crippen LogP contribution in [-0.2, 0) is 0 Å². The van der Waals surface area contributed by atoms with E-state index in [4.69, 9.17) is 22.4 Å². The van der Waals surface area contributed by atoms with Gasteiger partial charge in [0.1, 0.15) is 12.4 Å². The third-order valence-corrected chi connectivity index (χ3v) is 1.87. The van der Waals surface area contributed by atoms with E-state index in [1.54, 1.807) is 6.07 Å². The maximum atomic E-state index is 12.1. The number of hydrogen-bond acceptors (Lipinski definition) is 2. The predicted octanol–water partition coefficient (Wildman–Crippen LogP) is 2.01. The molecule has 0 aliphatic carbocycles. The van der Waals surface area contributed by atoms with Gasteiger partial charge >= 0.3 is 0 Å². The van der Waals surface area contributed by atoms with Gasteiger partial charge in [0.05, 0.1) is 11.1 Å². The molecule has 4 heteroatoms. The molecule has 1 aromatic carbocycles. The molecule has 0 unspecified atom stereocenters. The highest BCUT2D eigenvalue weighted by Crippen LogP contribution is 2.25. The van der Waals surface area contributed by atoms with Gasteiger partial charge in [0.2, 0.25) is 0 Å². The first kappa shape index (κ1) is 9.29. The smallest absolute Gasteiger partial charge is 0.134 e. The fourth-order valence-electron chi connectivity index (χ4n) is 0.843. The van der Waals surface area contributed by atoms with Crippen LogP contribution in [-0.4, -0.2) is 11.8 Å². The number of hydrogen-bond donors (Lipinski definition) is 2. The van der Waals surface area contributed by atoms with E-state index < -0.39 is 12.7 Å². The van der Waals surface area contributed by atoms with Crippen molar-refractivity contribution in [2.45, 2.75) is 6.04 Å².